The first-order valence-corrected chi connectivity index (χ1v) is 6.22. The van der Waals surface area contributed by atoms with Gasteiger partial charge in [0.05, 0.1) is 0 Å². The smallest absolute Gasteiger partial charge is 0.0467 e. The molecule has 2 aliphatic rings. The van der Waals surface area contributed by atoms with Crippen LogP contribution in [0.5, 0.6) is 0 Å². The number of hydrogen-bond acceptors (Lipinski definition) is 1. The van der Waals surface area contributed by atoms with E-state index in [-0.39, 0.29) is 0 Å². The van der Waals surface area contributed by atoms with Gasteiger partial charge in [-0.3, -0.25) is 0 Å². The number of fused-ring (bicyclic) bond motifs is 1. The second-order valence-electron chi connectivity index (χ2n) is 5.76. The van der Waals surface area contributed by atoms with Crippen LogP contribution in [-0.2, 0) is 4.74 Å². The highest BCUT2D eigenvalue weighted by molar-refractivity contribution is 4.93. The lowest BCUT2D eigenvalue weighted by Crippen LogP contribution is -2.21. The van der Waals surface area contributed by atoms with Crippen LogP contribution in [0, 0.1) is 17.3 Å². The molecule has 0 aliphatic heterocycles. The molecule has 0 aromatic carbocycles. The molecule has 3 atom stereocenters. The Morgan fingerprint density at radius 3 is 2.93 bits per heavy atom. The predicted octanol–water partition coefficient (Wildman–Crippen LogP) is 3.63. The molecule has 0 radical (unpaired) electrons. The molecule has 0 aromatic heterocycles. The fraction of sp³-hybridized carbons (Fsp3) is 1.00. The molecular formula is C13H24O. The van der Waals surface area contributed by atoms with Gasteiger partial charge in [-0.25, -0.2) is 0 Å². The molecular weight excluding hydrogens is 172 g/mol. The molecule has 2 aliphatic carbocycles. The van der Waals surface area contributed by atoms with Crippen LogP contribution >= 0.6 is 0 Å². The first-order chi connectivity index (χ1) is 6.73. The summed E-state index contributed by atoms with van der Waals surface area (Å²) in [6.07, 6.45) is 10.1. The van der Waals surface area contributed by atoms with Gasteiger partial charge in [-0.1, -0.05) is 26.2 Å². The van der Waals surface area contributed by atoms with E-state index in [9.17, 15) is 0 Å². The third kappa shape index (κ3) is 2.50. The molecule has 2 saturated carbocycles. The summed E-state index contributed by atoms with van der Waals surface area (Å²) in [4.78, 5) is 0. The van der Waals surface area contributed by atoms with Crippen LogP contribution in [0.25, 0.3) is 0 Å². The second kappa shape index (κ2) is 4.22. The minimum Gasteiger partial charge on any atom is -0.385 e. The molecule has 0 saturated heterocycles. The maximum atomic E-state index is 5.23. The van der Waals surface area contributed by atoms with Gasteiger partial charge in [0.2, 0.25) is 0 Å². The highest BCUT2D eigenvalue weighted by Crippen LogP contribution is 2.53. The highest BCUT2D eigenvalue weighted by Gasteiger charge is 2.42. The van der Waals surface area contributed by atoms with E-state index in [0.29, 0.717) is 5.41 Å². The Morgan fingerprint density at radius 1 is 1.29 bits per heavy atom. The first-order valence-electron chi connectivity index (χ1n) is 6.22. The lowest BCUT2D eigenvalue weighted by molar-refractivity contribution is 0.121. The molecule has 14 heavy (non-hydrogen) atoms. The fourth-order valence-electron chi connectivity index (χ4n) is 3.18. The van der Waals surface area contributed by atoms with E-state index in [1.165, 1.54) is 44.9 Å². The SMILES string of the molecule is COCCC1(C)CCCC[C@H]2CC2C1. The molecule has 0 aromatic rings. The maximum absolute atomic E-state index is 5.23. The van der Waals surface area contributed by atoms with Crippen molar-refractivity contribution in [3.63, 3.8) is 0 Å². The van der Waals surface area contributed by atoms with Gasteiger partial charge in [-0.05, 0) is 42.9 Å². The first kappa shape index (κ1) is 10.5. The van der Waals surface area contributed by atoms with E-state index >= 15 is 0 Å². The van der Waals surface area contributed by atoms with Crippen molar-refractivity contribution in [2.75, 3.05) is 13.7 Å². The van der Waals surface area contributed by atoms with Gasteiger partial charge in [0.1, 0.15) is 0 Å². The summed E-state index contributed by atoms with van der Waals surface area (Å²) < 4.78 is 5.23. The van der Waals surface area contributed by atoms with E-state index < -0.39 is 0 Å². The van der Waals surface area contributed by atoms with Crippen molar-refractivity contribution in [1.82, 2.24) is 0 Å². The molecule has 0 heterocycles. The zero-order valence-corrected chi connectivity index (χ0v) is 9.72. The summed E-state index contributed by atoms with van der Waals surface area (Å²) in [7, 11) is 1.83. The fourth-order valence-corrected chi connectivity index (χ4v) is 3.18. The highest BCUT2D eigenvalue weighted by atomic mass is 16.5. The number of ether oxygens (including phenoxy) is 1. The summed E-state index contributed by atoms with van der Waals surface area (Å²) in [6, 6.07) is 0. The Bertz CT molecular complexity index is 186. The van der Waals surface area contributed by atoms with Crippen LogP contribution in [0.15, 0.2) is 0 Å². The summed E-state index contributed by atoms with van der Waals surface area (Å²) >= 11 is 0. The topological polar surface area (TPSA) is 9.23 Å². The van der Waals surface area contributed by atoms with Crippen molar-refractivity contribution in [3.8, 4) is 0 Å². The van der Waals surface area contributed by atoms with Gasteiger partial charge in [0.25, 0.3) is 0 Å². The zero-order chi connectivity index (χ0) is 10.0. The lowest BCUT2D eigenvalue weighted by Gasteiger charge is -2.31. The number of hydrogen-bond donors (Lipinski definition) is 0. The van der Waals surface area contributed by atoms with Crippen LogP contribution in [0.3, 0.4) is 0 Å². The Kier molecular flexibility index (Phi) is 3.16. The quantitative estimate of drug-likeness (QED) is 0.669. The van der Waals surface area contributed by atoms with Crippen LogP contribution in [0.4, 0.5) is 0 Å². The molecule has 0 N–H and O–H groups in total. The minimum absolute atomic E-state index is 0.593. The molecule has 0 amide bonds. The largest absolute Gasteiger partial charge is 0.385 e. The van der Waals surface area contributed by atoms with Crippen LogP contribution in [-0.4, -0.2) is 13.7 Å². The Hall–Kier alpha value is -0.0400. The summed E-state index contributed by atoms with van der Waals surface area (Å²) in [6.45, 7) is 3.43. The summed E-state index contributed by atoms with van der Waals surface area (Å²) in [5.74, 6) is 2.19. The van der Waals surface area contributed by atoms with Crippen molar-refractivity contribution in [3.05, 3.63) is 0 Å². The molecule has 0 bridgehead atoms. The zero-order valence-electron chi connectivity index (χ0n) is 9.72. The standard InChI is InChI=1S/C13H24O/c1-13(7-8-14-2)6-4-3-5-11-9-12(11)10-13/h11-12H,3-10H2,1-2H3/t11-,12?,13?/m0/s1. The van der Waals surface area contributed by atoms with Crippen molar-refractivity contribution in [2.24, 2.45) is 17.3 Å². The van der Waals surface area contributed by atoms with Crippen molar-refractivity contribution < 1.29 is 4.74 Å². The monoisotopic (exact) mass is 196 g/mol. The van der Waals surface area contributed by atoms with Crippen molar-refractivity contribution in [1.29, 1.82) is 0 Å². The van der Waals surface area contributed by atoms with E-state index in [2.05, 4.69) is 6.92 Å². The van der Waals surface area contributed by atoms with Gasteiger partial charge in [0.15, 0.2) is 0 Å². The normalized spacial score (nSPS) is 42.4. The summed E-state index contributed by atoms with van der Waals surface area (Å²) in [5, 5.41) is 0. The minimum atomic E-state index is 0.593. The Morgan fingerprint density at radius 2 is 2.14 bits per heavy atom. The average Bonchev–Trinajstić information content (AvgIpc) is 2.84. The van der Waals surface area contributed by atoms with Crippen LogP contribution in [0.2, 0.25) is 0 Å². The third-order valence-electron chi connectivity index (χ3n) is 4.34. The maximum Gasteiger partial charge on any atom is 0.0467 e. The summed E-state index contributed by atoms with van der Waals surface area (Å²) in [5.41, 5.74) is 0.593. The van der Waals surface area contributed by atoms with E-state index in [1.54, 1.807) is 0 Å². The lowest BCUT2D eigenvalue weighted by atomic mass is 9.75. The molecule has 82 valence electrons. The number of rotatable bonds is 3. The van der Waals surface area contributed by atoms with Gasteiger partial charge in [-0.15, -0.1) is 0 Å². The van der Waals surface area contributed by atoms with Gasteiger partial charge in [-0.2, -0.15) is 0 Å². The molecule has 2 unspecified atom stereocenters. The third-order valence-corrected chi connectivity index (χ3v) is 4.34. The molecule has 2 rings (SSSR count). The Balaban J connectivity index is 1.87. The van der Waals surface area contributed by atoms with Gasteiger partial charge in [0, 0.05) is 13.7 Å². The number of methoxy groups -OCH3 is 1. The molecule has 0 spiro atoms. The average molecular weight is 196 g/mol. The molecule has 1 nitrogen and oxygen atoms in total. The van der Waals surface area contributed by atoms with E-state index in [0.717, 1.165) is 18.4 Å². The van der Waals surface area contributed by atoms with Crippen LogP contribution in [0.1, 0.15) is 51.9 Å². The molecule has 1 heteroatoms. The van der Waals surface area contributed by atoms with E-state index in [4.69, 9.17) is 4.74 Å². The van der Waals surface area contributed by atoms with Crippen molar-refractivity contribution in [2.45, 2.75) is 51.9 Å². The molecule has 2 fully saturated rings. The van der Waals surface area contributed by atoms with Crippen molar-refractivity contribution >= 4 is 0 Å². The predicted molar refractivity (Wildman–Crippen MR) is 59.3 cm³/mol. The second-order valence-corrected chi connectivity index (χ2v) is 5.76. The van der Waals surface area contributed by atoms with Gasteiger partial charge >= 0.3 is 0 Å². The van der Waals surface area contributed by atoms with Gasteiger partial charge < -0.3 is 4.74 Å². The Labute approximate surface area is 88.2 Å². The van der Waals surface area contributed by atoms with E-state index in [1.807, 2.05) is 7.11 Å². The van der Waals surface area contributed by atoms with Crippen LogP contribution < -0.4 is 0 Å².